The number of fused-ring (bicyclic) bond motifs is 2. The Morgan fingerprint density at radius 1 is 1.27 bits per heavy atom. The third kappa shape index (κ3) is 2.34. The van der Waals surface area contributed by atoms with Crippen LogP contribution >= 0.6 is 0 Å². The lowest BCUT2D eigenvalue weighted by atomic mass is 10.1. The Bertz CT molecular complexity index is 708. The van der Waals surface area contributed by atoms with Crippen molar-refractivity contribution in [3.8, 4) is 0 Å². The van der Waals surface area contributed by atoms with Crippen molar-refractivity contribution in [2.45, 2.75) is 44.8 Å². The van der Waals surface area contributed by atoms with Crippen LogP contribution in [0, 0.1) is 0 Å². The molecule has 0 spiro atoms. The highest BCUT2D eigenvalue weighted by molar-refractivity contribution is 5.74. The first-order chi connectivity index (χ1) is 10.8. The molecule has 2 N–H and O–H groups in total. The van der Waals surface area contributed by atoms with Gasteiger partial charge in [0.25, 0.3) is 0 Å². The summed E-state index contributed by atoms with van der Waals surface area (Å²) in [6, 6.07) is 8.27. The highest BCUT2D eigenvalue weighted by atomic mass is 16.2. The molecule has 2 heterocycles. The average Bonchev–Trinajstić information content (AvgIpc) is 3.22. The van der Waals surface area contributed by atoms with Crippen LogP contribution in [0.4, 0.5) is 4.79 Å². The third-order valence-electron chi connectivity index (χ3n) is 4.53. The van der Waals surface area contributed by atoms with E-state index in [-0.39, 0.29) is 12.1 Å². The van der Waals surface area contributed by atoms with Crippen molar-refractivity contribution in [1.82, 2.24) is 25.4 Å². The number of urea groups is 1. The largest absolute Gasteiger partial charge is 0.331 e. The van der Waals surface area contributed by atoms with Crippen LogP contribution in [0.25, 0.3) is 0 Å². The fraction of sp³-hybridized carbons (Fsp3) is 0.438. The summed E-state index contributed by atoms with van der Waals surface area (Å²) in [7, 11) is 0. The van der Waals surface area contributed by atoms with E-state index < -0.39 is 0 Å². The molecule has 22 heavy (non-hydrogen) atoms. The Balaban J connectivity index is 1.36. The number of hydrogen-bond acceptors (Lipinski definition) is 3. The maximum Gasteiger partial charge on any atom is 0.315 e. The van der Waals surface area contributed by atoms with Crippen LogP contribution in [0.15, 0.2) is 24.3 Å². The van der Waals surface area contributed by atoms with Crippen LogP contribution < -0.4 is 10.6 Å². The van der Waals surface area contributed by atoms with Gasteiger partial charge in [-0.2, -0.15) is 0 Å². The van der Waals surface area contributed by atoms with Gasteiger partial charge in [0.15, 0.2) is 5.82 Å². The van der Waals surface area contributed by atoms with Gasteiger partial charge in [0.05, 0.1) is 12.6 Å². The minimum absolute atomic E-state index is 0.111. The third-order valence-corrected chi connectivity index (χ3v) is 4.53. The summed E-state index contributed by atoms with van der Waals surface area (Å²) in [5.41, 5.74) is 2.57. The van der Waals surface area contributed by atoms with Crippen molar-refractivity contribution >= 4 is 6.03 Å². The summed E-state index contributed by atoms with van der Waals surface area (Å²) in [5, 5.41) is 14.3. The number of carbonyl (C=O) groups excluding carboxylic acids is 1. The van der Waals surface area contributed by atoms with E-state index in [1.807, 2.05) is 12.1 Å². The number of nitrogens with one attached hydrogen (secondary N) is 2. The van der Waals surface area contributed by atoms with Gasteiger partial charge in [0.1, 0.15) is 5.82 Å². The summed E-state index contributed by atoms with van der Waals surface area (Å²) in [4.78, 5) is 12.1. The molecular weight excluding hydrogens is 278 g/mol. The molecule has 0 radical (unpaired) electrons. The molecule has 6 nitrogen and oxygen atoms in total. The summed E-state index contributed by atoms with van der Waals surface area (Å²) in [6.45, 7) is 1.38. The quantitative estimate of drug-likeness (QED) is 0.906. The minimum atomic E-state index is -0.142. The molecule has 4 rings (SSSR count). The van der Waals surface area contributed by atoms with E-state index in [1.165, 1.54) is 11.1 Å². The summed E-state index contributed by atoms with van der Waals surface area (Å²) in [5.74, 6) is 1.87. The number of nitrogens with zero attached hydrogens (tertiary/aromatic N) is 3. The molecule has 6 heteroatoms. The monoisotopic (exact) mass is 297 g/mol. The Labute approximate surface area is 128 Å². The van der Waals surface area contributed by atoms with E-state index in [0.717, 1.165) is 43.9 Å². The van der Waals surface area contributed by atoms with Gasteiger partial charge in [0, 0.05) is 13.0 Å². The highest BCUT2D eigenvalue weighted by Crippen LogP contribution is 2.30. The molecule has 0 bridgehead atoms. The van der Waals surface area contributed by atoms with Gasteiger partial charge < -0.3 is 15.2 Å². The number of rotatable bonds is 3. The van der Waals surface area contributed by atoms with Crippen LogP contribution in [-0.4, -0.2) is 20.8 Å². The van der Waals surface area contributed by atoms with Gasteiger partial charge in [0.2, 0.25) is 0 Å². The van der Waals surface area contributed by atoms with E-state index in [1.54, 1.807) is 0 Å². The van der Waals surface area contributed by atoms with E-state index in [9.17, 15) is 4.79 Å². The number of amides is 2. The molecule has 0 unspecified atom stereocenters. The number of aromatic nitrogens is 3. The molecular formula is C16H19N5O. The van der Waals surface area contributed by atoms with Crippen molar-refractivity contribution in [2.75, 3.05) is 0 Å². The van der Waals surface area contributed by atoms with E-state index in [2.05, 4.69) is 37.5 Å². The molecule has 1 aliphatic carbocycles. The number of benzene rings is 1. The summed E-state index contributed by atoms with van der Waals surface area (Å²) >= 11 is 0. The lowest BCUT2D eigenvalue weighted by molar-refractivity contribution is 0.236. The van der Waals surface area contributed by atoms with Gasteiger partial charge in [-0.05, 0) is 30.4 Å². The second kappa shape index (κ2) is 5.44. The molecule has 2 amide bonds. The second-order valence-electron chi connectivity index (χ2n) is 5.90. The highest BCUT2D eigenvalue weighted by Gasteiger charge is 2.23. The number of aryl methyl sites for hydroxylation is 2. The van der Waals surface area contributed by atoms with Gasteiger partial charge >= 0.3 is 6.03 Å². The standard InChI is InChI=1S/C16H19N5O/c22-16(17-10-15-20-19-14-6-3-9-21(14)15)18-13-8-7-11-4-1-2-5-12(11)13/h1-2,4-5,13H,3,6-10H2,(H2,17,18,22)/t13-/m0/s1. The Hall–Kier alpha value is -2.37. The van der Waals surface area contributed by atoms with E-state index in [4.69, 9.17) is 0 Å². The van der Waals surface area contributed by atoms with Crippen molar-refractivity contribution in [1.29, 1.82) is 0 Å². The summed E-state index contributed by atoms with van der Waals surface area (Å²) in [6.07, 6.45) is 4.09. The summed E-state index contributed by atoms with van der Waals surface area (Å²) < 4.78 is 2.10. The van der Waals surface area contributed by atoms with Gasteiger partial charge in [-0.1, -0.05) is 24.3 Å². The van der Waals surface area contributed by atoms with Crippen molar-refractivity contribution in [3.05, 3.63) is 47.0 Å². The molecule has 0 saturated carbocycles. The maximum absolute atomic E-state index is 12.1. The van der Waals surface area contributed by atoms with E-state index >= 15 is 0 Å². The first kappa shape index (κ1) is 13.3. The zero-order valence-corrected chi connectivity index (χ0v) is 12.4. The van der Waals surface area contributed by atoms with Crippen LogP contribution in [0.3, 0.4) is 0 Å². The van der Waals surface area contributed by atoms with Crippen LogP contribution in [0.1, 0.15) is 41.7 Å². The first-order valence-electron chi connectivity index (χ1n) is 7.84. The SMILES string of the molecule is O=C(NCc1nnc2n1CCC2)N[C@H]1CCc2ccccc21. The molecule has 2 aliphatic rings. The zero-order valence-electron chi connectivity index (χ0n) is 12.4. The maximum atomic E-state index is 12.1. The molecule has 114 valence electrons. The van der Waals surface area contributed by atoms with Crippen molar-refractivity contribution in [3.63, 3.8) is 0 Å². The first-order valence-corrected chi connectivity index (χ1v) is 7.84. The van der Waals surface area contributed by atoms with Gasteiger partial charge in [-0.15, -0.1) is 10.2 Å². The molecule has 1 aromatic heterocycles. The second-order valence-corrected chi connectivity index (χ2v) is 5.90. The van der Waals surface area contributed by atoms with Crippen LogP contribution in [-0.2, 0) is 25.9 Å². The zero-order chi connectivity index (χ0) is 14.9. The Kier molecular flexibility index (Phi) is 3.29. The fourth-order valence-electron chi connectivity index (χ4n) is 3.42. The topological polar surface area (TPSA) is 71.8 Å². The van der Waals surface area contributed by atoms with Gasteiger partial charge in [-0.3, -0.25) is 0 Å². The van der Waals surface area contributed by atoms with E-state index in [0.29, 0.717) is 6.54 Å². The van der Waals surface area contributed by atoms with Crippen LogP contribution in [0.2, 0.25) is 0 Å². The fourth-order valence-corrected chi connectivity index (χ4v) is 3.42. The number of hydrogen-bond donors (Lipinski definition) is 2. The molecule has 2 aromatic rings. The normalized spacial score (nSPS) is 18.8. The van der Waals surface area contributed by atoms with Crippen molar-refractivity contribution < 1.29 is 4.79 Å². The van der Waals surface area contributed by atoms with Gasteiger partial charge in [-0.25, -0.2) is 4.79 Å². The number of carbonyl (C=O) groups is 1. The molecule has 1 atom stereocenters. The van der Waals surface area contributed by atoms with Crippen LogP contribution in [0.5, 0.6) is 0 Å². The average molecular weight is 297 g/mol. The molecule has 0 saturated heterocycles. The Morgan fingerprint density at radius 3 is 3.14 bits per heavy atom. The van der Waals surface area contributed by atoms with Crippen molar-refractivity contribution in [2.24, 2.45) is 0 Å². The lowest BCUT2D eigenvalue weighted by Crippen LogP contribution is -2.37. The minimum Gasteiger partial charge on any atom is -0.331 e. The Morgan fingerprint density at radius 2 is 2.18 bits per heavy atom. The smallest absolute Gasteiger partial charge is 0.315 e. The predicted molar refractivity (Wildman–Crippen MR) is 81.2 cm³/mol. The lowest BCUT2D eigenvalue weighted by Gasteiger charge is -2.14. The molecule has 1 aliphatic heterocycles. The predicted octanol–water partition coefficient (Wildman–Crippen LogP) is 1.71. The molecule has 0 fully saturated rings. The molecule has 1 aromatic carbocycles.